The number of amides is 3. The van der Waals surface area contributed by atoms with Crippen LogP contribution in [0.4, 0.5) is 10.5 Å². The van der Waals surface area contributed by atoms with Gasteiger partial charge in [-0.2, -0.15) is 0 Å². The average molecular weight is 550 g/mol. The molecule has 2 heterocycles. The van der Waals surface area contributed by atoms with Crippen molar-refractivity contribution in [2.75, 3.05) is 31.5 Å². The van der Waals surface area contributed by atoms with Crippen molar-refractivity contribution in [3.8, 4) is 5.88 Å². The van der Waals surface area contributed by atoms with Crippen LogP contribution in [0.2, 0.25) is 10.0 Å². The predicted molar refractivity (Wildman–Crippen MR) is 139 cm³/mol. The number of hydrogen-bond acceptors (Lipinski definition) is 6. The number of hydrogen-bond donors (Lipinski definition) is 4. The van der Waals surface area contributed by atoms with E-state index in [1.54, 1.807) is 18.2 Å². The number of carbonyl (C=O) groups excluding carboxylic acids is 2. The second-order valence-electron chi connectivity index (χ2n) is 9.52. The zero-order chi connectivity index (χ0) is 26.6. The Labute approximate surface area is 224 Å². The van der Waals surface area contributed by atoms with Crippen LogP contribution in [0.1, 0.15) is 25.3 Å². The molecule has 0 radical (unpaired) electrons. The van der Waals surface area contributed by atoms with Crippen LogP contribution < -0.4 is 20.7 Å². The lowest BCUT2D eigenvalue weighted by Crippen LogP contribution is -2.52. The van der Waals surface area contributed by atoms with Crippen molar-refractivity contribution in [1.29, 1.82) is 0 Å². The number of carboxylic acids is 1. The quantitative estimate of drug-likeness (QED) is 0.337. The van der Waals surface area contributed by atoms with E-state index >= 15 is 0 Å². The fourth-order valence-corrected chi connectivity index (χ4v) is 4.71. The summed E-state index contributed by atoms with van der Waals surface area (Å²) in [7, 11) is 0. The van der Waals surface area contributed by atoms with Gasteiger partial charge < -0.3 is 30.7 Å². The van der Waals surface area contributed by atoms with E-state index in [0.717, 1.165) is 18.7 Å². The van der Waals surface area contributed by atoms with Crippen LogP contribution in [0.3, 0.4) is 0 Å². The largest absolute Gasteiger partial charge is 0.481 e. The summed E-state index contributed by atoms with van der Waals surface area (Å²) in [5.74, 6) is -0.603. The zero-order valence-corrected chi connectivity index (χ0v) is 21.8. The first-order valence-corrected chi connectivity index (χ1v) is 12.8. The number of nitrogens with zero attached hydrogens (tertiary/aromatic N) is 2. The molecule has 3 amide bonds. The van der Waals surface area contributed by atoms with E-state index < -0.39 is 11.6 Å². The molecule has 2 aromatic rings. The number of aromatic nitrogens is 1. The lowest BCUT2D eigenvalue weighted by molar-refractivity contribution is -0.137. The highest BCUT2D eigenvalue weighted by Gasteiger charge is 2.60. The molecule has 2 unspecified atom stereocenters. The Bertz CT molecular complexity index is 1180. The standard InChI is InChI=1S/C25H29Cl2N5O5/c1-15-9-25(15,37-22-20(27)8-18(26)12-28-22)23(35)29-10-16-3-2-4-19(7-16)31-24(36)30-11-17-13-32(14-17)6-5-21(33)34/h2-4,7-8,12,15,17H,5-6,9-11,13-14H2,1H3,(H,29,35)(H,33,34)(H2,30,31,36). The molecule has 1 aliphatic heterocycles. The van der Waals surface area contributed by atoms with Gasteiger partial charge in [0.25, 0.3) is 5.91 Å². The molecule has 198 valence electrons. The molecule has 0 spiro atoms. The van der Waals surface area contributed by atoms with Crippen molar-refractivity contribution < 1.29 is 24.2 Å². The van der Waals surface area contributed by atoms with Gasteiger partial charge in [-0.3, -0.25) is 9.59 Å². The zero-order valence-electron chi connectivity index (χ0n) is 20.3. The Morgan fingerprint density at radius 1 is 1.22 bits per heavy atom. The maximum atomic E-state index is 13.0. The van der Waals surface area contributed by atoms with Crippen molar-refractivity contribution in [3.63, 3.8) is 0 Å². The number of nitrogens with one attached hydrogen (secondary N) is 3. The fraction of sp³-hybridized carbons (Fsp3) is 0.440. The Morgan fingerprint density at radius 2 is 1.97 bits per heavy atom. The van der Waals surface area contributed by atoms with Gasteiger partial charge in [-0.05, 0) is 23.8 Å². The average Bonchev–Trinajstić information content (AvgIpc) is 3.48. The minimum absolute atomic E-state index is 0.00217. The number of anilines is 1. The summed E-state index contributed by atoms with van der Waals surface area (Å²) >= 11 is 12.1. The van der Waals surface area contributed by atoms with Gasteiger partial charge in [0.05, 0.1) is 11.4 Å². The molecule has 10 nitrogen and oxygen atoms in total. The maximum Gasteiger partial charge on any atom is 0.319 e. The number of pyridine rings is 1. The highest BCUT2D eigenvalue weighted by atomic mass is 35.5. The summed E-state index contributed by atoms with van der Waals surface area (Å²) in [4.78, 5) is 42.1. The van der Waals surface area contributed by atoms with E-state index in [1.165, 1.54) is 12.3 Å². The lowest BCUT2D eigenvalue weighted by atomic mass is 10.00. The summed E-state index contributed by atoms with van der Waals surface area (Å²) in [5, 5.41) is 17.9. The minimum atomic E-state index is -1.04. The number of halogens is 2. The number of aliphatic carboxylic acids is 1. The van der Waals surface area contributed by atoms with E-state index in [9.17, 15) is 14.4 Å². The summed E-state index contributed by atoms with van der Waals surface area (Å²) in [6.45, 7) is 4.75. The molecule has 1 saturated carbocycles. The molecule has 1 saturated heterocycles. The number of benzene rings is 1. The number of urea groups is 1. The Morgan fingerprint density at radius 3 is 2.65 bits per heavy atom. The Hall–Kier alpha value is -3.08. The van der Waals surface area contributed by atoms with Gasteiger partial charge in [-0.15, -0.1) is 0 Å². The van der Waals surface area contributed by atoms with Gasteiger partial charge in [0.15, 0.2) is 5.60 Å². The Balaban J connectivity index is 1.22. The lowest BCUT2D eigenvalue weighted by Gasteiger charge is -2.39. The topological polar surface area (TPSA) is 133 Å². The van der Waals surface area contributed by atoms with E-state index in [0.29, 0.717) is 36.1 Å². The minimum Gasteiger partial charge on any atom is -0.481 e. The molecule has 12 heteroatoms. The first kappa shape index (κ1) is 27.0. The molecule has 2 atom stereocenters. The summed E-state index contributed by atoms with van der Waals surface area (Å²) in [5.41, 5.74) is 0.374. The summed E-state index contributed by atoms with van der Waals surface area (Å²) in [6, 6.07) is 8.40. The number of likely N-dealkylation sites (tertiary alicyclic amines) is 1. The molecule has 2 fully saturated rings. The van der Waals surface area contributed by atoms with Crippen molar-refractivity contribution >= 4 is 46.8 Å². The molecule has 1 aromatic carbocycles. The first-order chi connectivity index (χ1) is 17.6. The van der Waals surface area contributed by atoms with Crippen molar-refractivity contribution in [1.82, 2.24) is 20.5 Å². The van der Waals surface area contributed by atoms with E-state index in [4.69, 9.17) is 33.0 Å². The van der Waals surface area contributed by atoms with Gasteiger partial charge in [0, 0.05) is 62.9 Å². The van der Waals surface area contributed by atoms with E-state index in [2.05, 4.69) is 20.9 Å². The summed E-state index contributed by atoms with van der Waals surface area (Å²) in [6.07, 6.45) is 2.08. The molecule has 1 aliphatic carbocycles. The number of carboxylic acid groups (broad SMARTS) is 1. The molecular weight excluding hydrogens is 521 g/mol. The molecule has 1 aromatic heterocycles. The fourth-order valence-electron chi connectivity index (χ4n) is 4.30. The van der Waals surface area contributed by atoms with Gasteiger partial charge in [0.1, 0.15) is 5.02 Å². The SMILES string of the molecule is CC1CC1(Oc1ncc(Cl)cc1Cl)C(=O)NCc1cccc(NC(=O)NCC2CN(CCC(=O)O)C2)c1. The van der Waals surface area contributed by atoms with E-state index in [1.807, 2.05) is 17.9 Å². The van der Waals surface area contributed by atoms with Crippen LogP contribution in [0.15, 0.2) is 36.5 Å². The molecule has 4 N–H and O–H groups in total. The Kier molecular flexibility index (Phi) is 8.41. The van der Waals surface area contributed by atoms with Gasteiger partial charge in [-0.1, -0.05) is 42.3 Å². The molecule has 37 heavy (non-hydrogen) atoms. The third-order valence-corrected chi connectivity index (χ3v) is 7.02. The second kappa shape index (κ2) is 11.5. The van der Waals surface area contributed by atoms with E-state index in [-0.39, 0.29) is 41.7 Å². The van der Waals surface area contributed by atoms with Crippen LogP contribution >= 0.6 is 23.2 Å². The van der Waals surface area contributed by atoms with Crippen LogP contribution in [-0.2, 0) is 16.1 Å². The van der Waals surface area contributed by atoms with Crippen LogP contribution in [0, 0.1) is 11.8 Å². The third-order valence-electron chi connectivity index (χ3n) is 6.55. The number of rotatable bonds is 11. The van der Waals surface area contributed by atoms with Gasteiger partial charge in [-0.25, -0.2) is 9.78 Å². The molecule has 4 rings (SSSR count). The second-order valence-corrected chi connectivity index (χ2v) is 10.4. The van der Waals surface area contributed by atoms with Crippen LogP contribution in [0.25, 0.3) is 0 Å². The molecule has 2 aliphatic rings. The highest BCUT2D eigenvalue weighted by molar-refractivity contribution is 6.35. The predicted octanol–water partition coefficient (Wildman–Crippen LogP) is 3.39. The van der Waals surface area contributed by atoms with Crippen LogP contribution in [0.5, 0.6) is 5.88 Å². The summed E-state index contributed by atoms with van der Waals surface area (Å²) < 4.78 is 5.92. The maximum absolute atomic E-state index is 13.0. The highest BCUT2D eigenvalue weighted by Crippen LogP contribution is 2.47. The van der Waals surface area contributed by atoms with Crippen molar-refractivity contribution in [2.45, 2.75) is 31.9 Å². The molecular formula is C25H29Cl2N5O5. The van der Waals surface area contributed by atoms with Gasteiger partial charge >= 0.3 is 12.0 Å². The van der Waals surface area contributed by atoms with Crippen molar-refractivity contribution in [2.24, 2.45) is 11.8 Å². The third kappa shape index (κ3) is 7.03. The molecule has 0 bridgehead atoms. The normalized spacial score (nSPS) is 21.0. The number of carbonyl (C=O) groups is 3. The van der Waals surface area contributed by atoms with Crippen LogP contribution in [-0.4, -0.2) is 64.7 Å². The van der Waals surface area contributed by atoms with Gasteiger partial charge in [0.2, 0.25) is 5.88 Å². The smallest absolute Gasteiger partial charge is 0.319 e. The van der Waals surface area contributed by atoms with Crippen molar-refractivity contribution in [3.05, 3.63) is 52.1 Å². The first-order valence-electron chi connectivity index (χ1n) is 12.0. The number of ether oxygens (including phenoxy) is 1. The monoisotopic (exact) mass is 549 g/mol.